The van der Waals surface area contributed by atoms with Gasteiger partial charge >= 0.3 is 0 Å². The van der Waals surface area contributed by atoms with E-state index in [2.05, 4.69) is 24.1 Å². The van der Waals surface area contributed by atoms with Gasteiger partial charge < -0.3 is 24.4 Å². The van der Waals surface area contributed by atoms with E-state index in [9.17, 15) is 9.59 Å². The molecule has 202 valence electrons. The fraction of sp³-hybridized carbons (Fsp3) is 0.484. The van der Waals surface area contributed by atoms with E-state index < -0.39 is 5.54 Å². The Morgan fingerprint density at radius 3 is 2.50 bits per heavy atom. The van der Waals surface area contributed by atoms with Gasteiger partial charge in [0.05, 0.1) is 13.7 Å². The predicted octanol–water partition coefficient (Wildman–Crippen LogP) is 4.55. The first-order valence-corrected chi connectivity index (χ1v) is 13.8. The van der Waals surface area contributed by atoms with Crippen LogP contribution in [-0.2, 0) is 17.9 Å². The van der Waals surface area contributed by atoms with Crippen LogP contribution in [0.3, 0.4) is 0 Å². The molecule has 1 aromatic heterocycles. The zero-order valence-electron chi connectivity index (χ0n) is 23.1. The van der Waals surface area contributed by atoms with Crippen LogP contribution in [0.25, 0.3) is 10.9 Å². The fourth-order valence-electron chi connectivity index (χ4n) is 6.34. The maximum atomic E-state index is 13.9. The van der Waals surface area contributed by atoms with E-state index in [-0.39, 0.29) is 11.8 Å². The largest absolute Gasteiger partial charge is 0.497 e. The van der Waals surface area contributed by atoms with Gasteiger partial charge in [-0.3, -0.25) is 9.59 Å². The monoisotopic (exact) mass is 516 g/mol. The number of methoxy groups -OCH3 is 1. The Morgan fingerprint density at radius 2 is 1.79 bits per heavy atom. The molecule has 1 N–H and O–H groups in total. The maximum absolute atomic E-state index is 13.9. The Bertz CT molecular complexity index is 1290. The Balaban J connectivity index is 1.35. The summed E-state index contributed by atoms with van der Waals surface area (Å²) in [7, 11) is 1.63. The average molecular weight is 517 g/mol. The number of hydrogen-bond acceptors (Lipinski definition) is 4. The second-order valence-corrected chi connectivity index (χ2v) is 11.5. The molecule has 38 heavy (non-hydrogen) atoms. The molecule has 2 aliphatic heterocycles. The number of nitrogens with one attached hydrogen (secondary N) is 1. The lowest BCUT2D eigenvalue weighted by atomic mass is 9.92. The molecule has 7 nitrogen and oxygen atoms in total. The van der Waals surface area contributed by atoms with Crippen LogP contribution in [0.4, 0.5) is 0 Å². The molecule has 0 aliphatic carbocycles. The number of fused-ring (bicyclic) bond motifs is 3. The van der Waals surface area contributed by atoms with Crippen LogP contribution in [-0.4, -0.2) is 65.0 Å². The van der Waals surface area contributed by atoms with E-state index in [0.29, 0.717) is 25.3 Å². The molecule has 0 radical (unpaired) electrons. The predicted molar refractivity (Wildman–Crippen MR) is 150 cm³/mol. The lowest BCUT2D eigenvalue weighted by Gasteiger charge is -2.44. The number of hydrogen-bond donors (Lipinski definition) is 1. The molecule has 2 aliphatic rings. The van der Waals surface area contributed by atoms with Gasteiger partial charge in [0, 0.05) is 37.1 Å². The van der Waals surface area contributed by atoms with Gasteiger partial charge in [-0.1, -0.05) is 44.2 Å². The Kier molecular flexibility index (Phi) is 7.48. The topological polar surface area (TPSA) is 66.8 Å². The summed E-state index contributed by atoms with van der Waals surface area (Å²) in [5.74, 6) is 1.97. The van der Waals surface area contributed by atoms with Crippen LogP contribution < -0.4 is 10.1 Å². The lowest BCUT2D eigenvalue weighted by Crippen LogP contribution is -2.63. The van der Waals surface area contributed by atoms with Crippen LogP contribution >= 0.6 is 0 Å². The first kappa shape index (κ1) is 26.3. The fourth-order valence-corrected chi connectivity index (χ4v) is 6.34. The summed E-state index contributed by atoms with van der Waals surface area (Å²) in [6, 6.07) is 17.6. The molecular weight excluding hydrogens is 476 g/mol. The molecule has 0 saturated carbocycles. The third-order valence-electron chi connectivity index (χ3n) is 8.21. The molecule has 0 bridgehead atoms. The molecular formula is C31H40N4O3. The molecule has 3 heterocycles. The van der Waals surface area contributed by atoms with Gasteiger partial charge in [-0.2, -0.15) is 0 Å². The number of aromatic nitrogens is 1. The zero-order chi connectivity index (χ0) is 26.9. The normalized spacial score (nSPS) is 23.9. The van der Waals surface area contributed by atoms with Crippen molar-refractivity contribution in [3.63, 3.8) is 0 Å². The molecule has 3 atom stereocenters. The summed E-state index contributed by atoms with van der Waals surface area (Å²) in [5.41, 5.74) is 1.53. The summed E-state index contributed by atoms with van der Waals surface area (Å²) in [6.45, 7) is 11.1. The number of benzene rings is 2. The van der Waals surface area contributed by atoms with Crippen LogP contribution in [0.1, 0.15) is 49.7 Å². The SMILES string of the molecule is COc1ccc(CN2C(=O)c3cc4ccccc4n3C[C@]2(C)C(=O)NCCCN2C[C@@H](C)C[C@H](C)C2)cc1. The Hall–Kier alpha value is -3.32. The van der Waals surface area contributed by atoms with E-state index in [1.165, 1.54) is 6.42 Å². The van der Waals surface area contributed by atoms with Crippen LogP contribution in [0, 0.1) is 11.8 Å². The second-order valence-electron chi connectivity index (χ2n) is 11.5. The van der Waals surface area contributed by atoms with E-state index >= 15 is 0 Å². The minimum atomic E-state index is -1.03. The van der Waals surface area contributed by atoms with E-state index in [0.717, 1.165) is 60.1 Å². The van der Waals surface area contributed by atoms with Gasteiger partial charge in [-0.05, 0) is 68.0 Å². The number of piperidine rings is 1. The highest BCUT2D eigenvalue weighted by Crippen LogP contribution is 2.33. The molecule has 0 unspecified atom stereocenters. The smallest absolute Gasteiger partial charge is 0.271 e. The van der Waals surface area contributed by atoms with Crippen molar-refractivity contribution in [2.45, 2.75) is 52.2 Å². The number of rotatable bonds is 8. The molecule has 3 aromatic rings. The Labute approximate surface area is 225 Å². The van der Waals surface area contributed by atoms with E-state index in [4.69, 9.17) is 4.74 Å². The van der Waals surface area contributed by atoms with Gasteiger partial charge in [0.1, 0.15) is 17.0 Å². The third kappa shape index (κ3) is 5.17. The first-order chi connectivity index (χ1) is 18.3. The van der Waals surface area contributed by atoms with Crippen molar-refractivity contribution in [1.82, 2.24) is 19.7 Å². The van der Waals surface area contributed by atoms with Gasteiger partial charge in [0.2, 0.25) is 5.91 Å². The maximum Gasteiger partial charge on any atom is 0.271 e. The van der Waals surface area contributed by atoms with E-state index in [1.54, 1.807) is 12.0 Å². The standard InChI is InChI=1S/C31H40N4O3/c1-22-16-23(2)19-33(18-22)15-7-14-32-30(37)31(3)21-34-27-9-6-5-8-25(27)17-28(34)29(36)35(31)20-24-10-12-26(38-4)13-11-24/h5-6,8-13,17,22-23H,7,14-16,18-21H2,1-4H3,(H,32,37)/t22-,23-,31+/m0/s1. The summed E-state index contributed by atoms with van der Waals surface area (Å²) >= 11 is 0. The van der Waals surface area contributed by atoms with Gasteiger partial charge in [0.15, 0.2) is 0 Å². The summed E-state index contributed by atoms with van der Waals surface area (Å²) < 4.78 is 7.31. The number of para-hydroxylation sites is 1. The van der Waals surface area contributed by atoms with Gasteiger partial charge in [-0.25, -0.2) is 0 Å². The number of amides is 2. The lowest BCUT2D eigenvalue weighted by molar-refractivity contribution is -0.133. The number of nitrogens with zero attached hydrogens (tertiary/aromatic N) is 3. The number of likely N-dealkylation sites (tertiary alicyclic amines) is 1. The van der Waals surface area contributed by atoms with Gasteiger partial charge in [-0.15, -0.1) is 0 Å². The highest BCUT2D eigenvalue weighted by atomic mass is 16.5. The highest BCUT2D eigenvalue weighted by molar-refractivity contribution is 6.03. The molecule has 1 fully saturated rings. The molecule has 1 saturated heterocycles. The van der Waals surface area contributed by atoms with Crippen molar-refractivity contribution in [2.75, 3.05) is 33.3 Å². The highest BCUT2D eigenvalue weighted by Gasteiger charge is 2.47. The average Bonchev–Trinajstić information content (AvgIpc) is 3.27. The Morgan fingerprint density at radius 1 is 1.08 bits per heavy atom. The van der Waals surface area contributed by atoms with Gasteiger partial charge in [0.25, 0.3) is 5.91 Å². The van der Waals surface area contributed by atoms with E-state index in [1.807, 2.05) is 66.1 Å². The molecule has 0 spiro atoms. The van der Waals surface area contributed by atoms with Crippen LogP contribution in [0.2, 0.25) is 0 Å². The summed E-state index contributed by atoms with van der Waals surface area (Å²) in [5, 5.41) is 4.20. The van der Waals surface area contributed by atoms with Crippen molar-refractivity contribution < 1.29 is 14.3 Å². The number of carbonyl (C=O) groups is 2. The van der Waals surface area contributed by atoms with Crippen molar-refractivity contribution in [3.8, 4) is 5.75 Å². The number of carbonyl (C=O) groups excluding carboxylic acids is 2. The third-order valence-corrected chi connectivity index (χ3v) is 8.21. The summed E-state index contributed by atoms with van der Waals surface area (Å²) in [4.78, 5) is 32.0. The minimum absolute atomic E-state index is 0.108. The molecule has 2 aromatic carbocycles. The first-order valence-electron chi connectivity index (χ1n) is 13.8. The van der Waals surface area contributed by atoms with Crippen LogP contribution in [0.5, 0.6) is 5.75 Å². The van der Waals surface area contributed by atoms with Crippen molar-refractivity contribution in [3.05, 3.63) is 65.9 Å². The zero-order valence-corrected chi connectivity index (χ0v) is 23.1. The quantitative estimate of drug-likeness (QED) is 0.446. The van der Waals surface area contributed by atoms with Crippen molar-refractivity contribution >= 4 is 22.7 Å². The molecule has 7 heteroatoms. The number of ether oxygens (including phenoxy) is 1. The summed E-state index contributed by atoms with van der Waals surface area (Å²) in [6.07, 6.45) is 2.19. The second kappa shape index (κ2) is 10.8. The van der Waals surface area contributed by atoms with Crippen LogP contribution in [0.15, 0.2) is 54.6 Å². The molecule has 5 rings (SSSR count). The minimum Gasteiger partial charge on any atom is -0.497 e. The van der Waals surface area contributed by atoms with Crippen molar-refractivity contribution in [1.29, 1.82) is 0 Å². The molecule has 2 amide bonds. The van der Waals surface area contributed by atoms with Crippen molar-refractivity contribution in [2.24, 2.45) is 11.8 Å².